The van der Waals surface area contributed by atoms with Crippen LogP contribution in [0.2, 0.25) is 0 Å². The van der Waals surface area contributed by atoms with Crippen LogP contribution in [0.25, 0.3) is 5.70 Å². The van der Waals surface area contributed by atoms with E-state index in [9.17, 15) is 4.39 Å². The molecule has 1 atom stereocenters. The molecule has 1 aromatic heterocycles. The van der Waals surface area contributed by atoms with Crippen LogP contribution in [0.15, 0.2) is 30.8 Å². The molecule has 5 nitrogen and oxygen atoms in total. The van der Waals surface area contributed by atoms with Gasteiger partial charge in [-0.25, -0.2) is 14.1 Å². The maximum Gasteiger partial charge on any atom is 0.197 e. The van der Waals surface area contributed by atoms with Crippen molar-refractivity contribution < 1.29 is 9.13 Å². The molecule has 2 aromatic rings. The molecular formula is C15H17FN4O. The molecule has 21 heavy (non-hydrogen) atoms. The van der Waals surface area contributed by atoms with Crippen LogP contribution >= 0.6 is 0 Å². The van der Waals surface area contributed by atoms with Crippen molar-refractivity contribution >= 4 is 5.70 Å². The van der Waals surface area contributed by atoms with Gasteiger partial charge in [-0.15, -0.1) is 5.10 Å². The first-order chi connectivity index (χ1) is 10.1. The molecule has 2 heterocycles. The van der Waals surface area contributed by atoms with E-state index in [1.54, 1.807) is 22.9 Å². The minimum absolute atomic E-state index is 0.299. The van der Waals surface area contributed by atoms with Crippen LogP contribution in [0.4, 0.5) is 4.39 Å². The van der Waals surface area contributed by atoms with Gasteiger partial charge < -0.3 is 9.64 Å². The van der Waals surface area contributed by atoms with Crippen LogP contribution in [0.3, 0.4) is 0 Å². The summed E-state index contributed by atoms with van der Waals surface area (Å²) in [7, 11) is 3.76. The first kappa shape index (κ1) is 13.8. The third-order valence-corrected chi connectivity index (χ3v) is 3.51. The highest BCUT2D eigenvalue weighted by molar-refractivity contribution is 5.54. The number of benzene rings is 1. The Hall–Kier alpha value is -2.21. The lowest BCUT2D eigenvalue weighted by atomic mass is 10.1. The van der Waals surface area contributed by atoms with E-state index in [0.29, 0.717) is 36.1 Å². The van der Waals surface area contributed by atoms with Gasteiger partial charge in [0.1, 0.15) is 11.9 Å². The molecule has 0 amide bonds. The number of halogens is 1. The van der Waals surface area contributed by atoms with E-state index in [-0.39, 0.29) is 5.82 Å². The number of hydrogen-bond donors (Lipinski definition) is 0. The fourth-order valence-electron chi connectivity index (χ4n) is 2.28. The molecule has 0 bridgehead atoms. The maximum absolute atomic E-state index is 14.0. The lowest BCUT2D eigenvalue weighted by Crippen LogP contribution is -2.24. The quantitative estimate of drug-likeness (QED) is 0.867. The SMILES string of the molecule is C=C(c1nc2n(n1)CCOC2c1ccccc1F)N(C)C. The van der Waals surface area contributed by atoms with Crippen LogP contribution in [-0.4, -0.2) is 40.4 Å². The number of aromatic nitrogens is 3. The Balaban J connectivity index is 2.02. The van der Waals surface area contributed by atoms with Crippen molar-refractivity contribution in [2.24, 2.45) is 0 Å². The van der Waals surface area contributed by atoms with Crippen molar-refractivity contribution in [2.45, 2.75) is 12.6 Å². The number of hydrogen-bond acceptors (Lipinski definition) is 4. The van der Waals surface area contributed by atoms with Crippen LogP contribution in [0.1, 0.15) is 23.3 Å². The minimum Gasteiger partial charge on any atom is -0.375 e. The van der Waals surface area contributed by atoms with Gasteiger partial charge in [-0.05, 0) is 6.07 Å². The van der Waals surface area contributed by atoms with Crippen molar-refractivity contribution in [3.05, 3.63) is 53.9 Å². The average Bonchev–Trinajstić information content (AvgIpc) is 2.90. The van der Waals surface area contributed by atoms with Gasteiger partial charge in [-0.1, -0.05) is 24.8 Å². The third kappa shape index (κ3) is 2.42. The van der Waals surface area contributed by atoms with E-state index in [0.717, 1.165) is 0 Å². The Kier molecular flexibility index (Phi) is 3.47. The molecule has 1 unspecified atom stereocenters. The van der Waals surface area contributed by atoms with Gasteiger partial charge in [0.05, 0.1) is 18.8 Å². The van der Waals surface area contributed by atoms with Crippen molar-refractivity contribution in [1.29, 1.82) is 0 Å². The van der Waals surface area contributed by atoms with E-state index in [4.69, 9.17) is 4.74 Å². The second-order valence-corrected chi connectivity index (χ2v) is 5.13. The molecule has 1 aromatic carbocycles. The summed E-state index contributed by atoms with van der Waals surface area (Å²) >= 11 is 0. The van der Waals surface area contributed by atoms with Gasteiger partial charge >= 0.3 is 0 Å². The highest BCUT2D eigenvalue weighted by Gasteiger charge is 2.29. The molecule has 0 fully saturated rings. The molecule has 0 saturated carbocycles. The summed E-state index contributed by atoms with van der Waals surface area (Å²) in [4.78, 5) is 6.34. The van der Waals surface area contributed by atoms with Gasteiger partial charge in [-0.2, -0.15) is 0 Å². The Bertz CT molecular complexity index is 680. The highest BCUT2D eigenvalue weighted by atomic mass is 19.1. The summed E-state index contributed by atoms with van der Waals surface area (Å²) in [5.41, 5.74) is 1.19. The predicted octanol–water partition coefficient (Wildman–Crippen LogP) is 2.07. The Labute approximate surface area is 122 Å². The standard InChI is InChI=1S/C15H17FN4O/c1-10(19(2)3)14-17-15-13(21-9-8-20(15)18-14)11-6-4-5-7-12(11)16/h4-7,13H,1,8-9H2,2-3H3. The van der Waals surface area contributed by atoms with Gasteiger partial charge in [-0.3, -0.25) is 0 Å². The maximum atomic E-state index is 14.0. The van der Waals surface area contributed by atoms with Crippen LogP contribution < -0.4 is 0 Å². The molecule has 0 spiro atoms. The zero-order chi connectivity index (χ0) is 15.0. The van der Waals surface area contributed by atoms with Gasteiger partial charge in [0.2, 0.25) is 0 Å². The molecule has 0 N–H and O–H groups in total. The monoisotopic (exact) mass is 288 g/mol. The summed E-state index contributed by atoms with van der Waals surface area (Å²) < 4.78 is 21.5. The molecule has 1 aliphatic rings. The number of fused-ring (bicyclic) bond motifs is 1. The summed E-state index contributed by atoms with van der Waals surface area (Å²) in [6.07, 6.45) is -0.531. The van der Waals surface area contributed by atoms with Gasteiger partial charge in [0.15, 0.2) is 11.6 Å². The lowest BCUT2D eigenvalue weighted by Gasteiger charge is -2.23. The number of ether oxygens (including phenoxy) is 1. The van der Waals surface area contributed by atoms with Crippen LogP contribution in [0.5, 0.6) is 0 Å². The topological polar surface area (TPSA) is 43.2 Å². The lowest BCUT2D eigenvalue weighted by molar-refractivity contribution is 0.0369. The fourth-order valence-corrected chi connectivity index (χ4v) is 2.28. The van der Waals surface area contributed by atoms with E-state index < -0.39 is 6.10 Å². The van der Waals surface area contributed by atoms with E-state index >= 15 is 0 Å². The van der Waals surface area contributed by atoms with Crippen LogP contribution in [-0.2, 0) is 11.3 Å². The molecular weight excluding hydrogens is 271 g/mol. The minimum atomic E-state index is -0.531. The Morgan fingerprint density at radius 3 is 2.90 bits per heavy atom. The molecule has 0 radical (unpaired) electrons. The summed E-state index contributed by atoms with van der Waals surface area (Å²) in [6.45, 7) is 5.04. The number of nitrogens with zero attached hydrogens (tertiary/aromatic N) is 4. The van der Waals surface area contributed by atoms with Crippen molar-refractivity contribution in [1.82, 2.24) is 19.7 Å². The second-order valence-electron chi connectivity index (χ2n) is 5.13. The Morgan fingerprint density at radius 2 is 2.19 bits per heavy atom. The molecule has 3 rings (SSSR count). The average molecular weight is 288 g/mol. The van der Waals surface area contributed by atoms with Crippen LogP contribution in [0, 0.1) is 5.82 Å². The summed E-state index contributed by atoms with van der Waals surface area (Å²) in [6, 6.07) is 6.58. The van der Waals surface area contributed by atoms with E-state index in [1.807, 2.05) is 19.0 Å². The summed E-state index contributed by atoms with van der Waals surface area (Å²) in [5, 5.41) is 4.44. The first-order valence-corrected chi connectivity index (χ1v) is 6.75. The molecule has 0 aliphatic carbocycles. The molecule has 0 saturated heterocycles. The fraction of sp³-hybridized carbons (Fsp3) is 0.333. The zero-order valence-corrected chi connectivity index (χ0v) is 12.1. The molecule has 110 valence electrons. The summed E-state index contributed by atoms with van der Waals surface area (Å²) in [5.74, 6) is 0.859. The van der Waals surface area contributed by atoms with Crippen molar-refractivity contribution in [3.63, 3.8) is 0 Å². The van der Waals surface area contributed by atoms with Gasteiger partial charge in [0.25, 0.3) is 0 Å². The number of rotatable bonds is 3. The smallest absolute Gasteiger partial charge is 0.197 e. The van der Waals surface area contributed by atoms with Crippen molar-refractivity contribution in [2.75, 3.05) is 20.7 Å². The van der Waals surface area contributed by atoms with Crippen molar-refractivity contribution in [3.8, 4) is 0 Å². The highest BCUT2D eigenvalue weighted by Crippen LogP contribution is 2.30. The zero-order valence-electron chi connectivity index (χ0n) is 12.1. The molecule has 6 heteroatoms. The first-order valence-electron chi connectivity index (χ1n) is 6.75. The largest absolute Gasteiger partial charge is 0.375 e. The van der Waals surface area contributed by atoms with Gasteiger partial charge in [0, 0.05) is 19.7 Å². The Morgan fingerprint density at radius 1 is 1.43 bits per heavy atom. The third-order valence-electron chi connectivity index (χ3n) is 3.51. The normalized spacial score (nSPS) is 17.4. The predicted molar refractivity (Wildman–Crippen MR) is 76.9 cm³/mol. The van der Waals surface area contributed by atoms with E-state index in [1.165, 1.54) is 6.07 Å². The second kappa shape index (κ2) is 5.29. The van der Waals surface area contributed by atoms with E-state index in [2.05, 4.69) is 16.7 Å². The molecule has 1 aliphatic heterocycles.